The van der Waals surface area contributed by atoms with Crippen molar-refractivity contribution < 1.29 is 19.4 Å². The van der Waals surface area contributed by atoms with Gasteiger partial charge in [-0.2, -0.15) is 0 Å². The van der Waals surface area contributed by atoms with Gasteiger partial charge >= 0.3 is 5.97 Å². The van der Waals surface area contributed by atoms with Crippen molar-refractivity contribution in [3.63, 3.8) is 0 Å². The first-order chi connectivity index (χ1) is 12.0. The summed E-state index contributed by atoms with van der Waals surface area (Å²) in [5, 5.41) is 11.5. The molecule has 130 valence electrons. The Morgan fingerprint density at radius 3 is 2.72 bits per heavy atom. The molecule has 3 rings (SSSR count). The molecule has 2 atom stereocenters. The van der Waals surface area contributed by atoms with Gasteiger partial charge < -0.3 is 15.2 Å². The van der Waals surface area contributed by atoms with E-state index in [-0.39, 0.29) is 11.9 Å². The maximum absolute atomic E-state index is 12.7. The van der Waals surface area contributed by atoms with E-state index >= 15 is 0 Å². The molecule has 0 saturated carbocycles. The third-order valence-electron chi connectivity index (χ3n) is 4.00. The number of hydrogen-bond donors (Lipinski definition) is 2. The van der Waals surface area contributed by atoms with Crippen molar-refractivity contribution in [2.45, 2.75) is 29.5 Å². The summed E-state index contributed by atoms with van der Waals surface area (Å²) < 4.78 is 5.70. The molecular formula is C19H19NO4S. The number of carboxylic acid groups (broad SMARTS) is 1. The van der Waals surface area contributed by atoms with Crippen molar-refractivity contribution in [3.8, 4) is 5.75 Å². The van der Waals surface area contributed by atoms with Crippen LogP contribution in [0.25, 0.3) is 0 Å². The number of hydrogen-bond acceptors (Lipinski definition) is 4. The number of carbonyl (C=O) groups is 2. The molecule has 0 aromatic heterocycles. The number of aliphatic carboxylic acids is 1. The Kier molecular flexibility index (Phi) is 5.28. The first-order valence-corrected chi connectivity index (χ1v) is 8.92. The van der Waals surface area contributed by atoms with Crippen LogP contribution in [0.5, 0.6) is 5.75 Å². The molecule has 0 radical (unpaired) electrons. The molecule has 2 N–H and O–H groups in total. The van der Waals surface area contributed by atoms with Gasteiger partial charge in [0.15, 0.2) is 0 Å². The fourth-order valence-corrected chi connectivity index (χ4v) is 3.61. The van der Waals surface area contributed by atoms with Crippen LogP contribution < -0.4 is 10.1 Å². The average Bonchev–Trinajstić information content (AvgIpc) is 2.62. The predicted octanol–water partition coefficient (Wildman–Crippen LogP) is 2.99. The average molecular weight is 357 g/mol. The van der Waals surface area contributed by atoms with Crippen LogP contribution in [0.2, 0.25) is 0 Å². The van der Waals surface area contributed by atoms with E-state index in [1.165, 1.54) is 11.8 Å². The Hall–Kier alpha value is -2.47. The maximum atomic E-state index is 12.7. The molecule has 1 amide bonds. The zero-order valence-corrected chi connectivity index (χ0v) is 14.6. The second kappa shape index (κ2) is 7.61. The molecule has 1 heterocycles. The number of para-hydroxylation sites is 1. The van der Waals surface area contributed by atoms with E-state index in [0.29, 0.717) is 23.5 Å². The Balaban J connectivity index is 1.71. The van der Waals surface area contributed by atoms with Crippen LogP contribution in [-0.2, 0) is 11.2 Å². The molecule has 0 aliphatic carbocycles. The van der Waals surface area contributed by atoms with Gasteiger partial charge in [-0.25, -0.2) is 0 Å². The zero-order chi connectivity index (χ0) is 17.8. The SMILES string of the molecule is CC(Sc1ccccc1C(=O)NC1COc2ccccc2C1)C(=O)O. The van der Waals surface area contributed by atoms with Crippen LogP contribution >= 0.6 is 11.8 Å². The Labute approximate surface area is 150 Å². The van der Waals surface area contributed by atoms with Gasteiger partial charge in [0.05, 0.1) is 11.6 Å². The van der Waals surface area contributed by atoms with Crippen molar-refractivity contribution in [1.29, 1.82) is 0 Å². The molecule has 6 heteroatoms. The Morgan fingerprint density at radius 2 is 1.92 bits per heavy atom. The summed E-state index contributed by atoms with van der Waals surface area (Å²) in [6, 6.07) is 14.7. The summed E-state index contributed by atoms with van der Waals surface area (Å²) in [7, 11) is 0. The van der Waals surface area contributed by atoms with E-state index in [2.05, 4.69) is 5.32 Å². The lowest BCUT2D eigenvalue weighted by molar-refractivity contribution is -0.136. The number of fused-ring (bicyclic) bond motifs is 1. The van der Waals surface area contributed by atoms with Crippen LogP contribution in [0.1, 0.15) is 22.8 Å². The van der Waals surface area contributed by atoms with E-state index < -0.39 is 11.2 Å². The molecule has 0 bridgehead atoms. The van der Waals surface area contributed by atoms with E-state index in [4.69, 9.17) is 9.84 Å². The maximum Gasteiger partial charge on any atom is 0.316 e. The Morgan fingerprint density at radius 1 is 1.20 bits per heavy atom. The molecule has 5 nitrogen and oxygen atoms in total. The molecule has 2 unspecified atom stereocenters. The summed E-state index contributed by atoms with van der Waals surface area (Å²) in [5.41, 5.74) is 1.56. The Bertz CT molecular complexity index is 792. The van der Waals surface area contributed by atoms with Crippen molar-refractivity contribution in [2.24, 2.45) is 0 Å². The zero-order valence-electron chi connectivity index (χ0n) is 13.8. The van der Waals surface area contributed by atoms with Crippen molar-refractivity contribution in [1.82, 2.24) is 5.32 Å². The van der Waals surface area contributed by atoms with Crippen LogP contribution in [-0.4, -0.2) is 34.9 Å². The lowest BCUT2D eigenvalue weighted by Crippen LogP contribution is -2.42. The summed E-state index contributed by atoms with van der Waals surface area (Å²) >= 11 is 1.17. The highest BCUT2D eigenvalue weighted by Crippen LogP contribution is 2.28. The highest BCUT2D eigenvalue weighted by molar-refractivity contribution is 8.00. The fourth-order valence-electron chi connectivity index (χ4n) is 2.68. The number of benzene rings is 2. The smallest absolute Gasteiger partial charge is 0.316 e. The second-order valence-corrected chi connectivity index (χ2v) is 7.27. The predicted molar refractivity (Wildman–Crippen MR) is 96.3 cm³/mol. The monoisotopic (exact) mass is 357 g/mol. The topological polar surface area (TPSA) is 75.6 Å². The van der Waals surface area contributed by atoms with Gasteiger partial charge in [-0.05, 0) is 37.1 Å². The number of amides is 1. The number of ether oxygens (including phenoxy) is 1. The molecular weight excluding hydrogens is 338 g/mol. The number of carboxylic acids is 1. The minimum atomic E-state index is -0.905. The lowest BCUT2D eigenvalue weighted by atomic mass is 10.0. The third kappa shape index (κ3) is 4.14. The van der Waals surface area contributed by atoms with Gasteiger partial charge in [-0.3, -0.25) is 9.59 Å². The van der Waals surface area contributed by atoms with Gasteiger partial charge in [-0.15, -0.1) is 11.8 Å². The van der Waals surface area contributed by atoms with Gasteiger partial charge in [0, 0.05) is 4.90 Å². The molecule has 25 heavy (non-hydrogen) atoms. The largest absolute Gasteiger partial charge is 0.491 e. The quantitative estimate of drug-likeness (QED) is 0.805. The van der Waals surface area contributed by atoms with Crippen molar-refractivity contribution >= 4 is 23.6 Å². The normalized spacial score (nSPS) is 17.1. The molecule has 1 aliphatic heterocycles. The number of carbonyl (C=O) groups excluding carboxylic acids is 1. The molecule has 0 saturated heterocycles. The second-order valence-electron chi connectivity index (χ2n) is 5.89. The summed E-state index contributed by atoms with van der Waals surface area (Å²) in [4.78, 5) is 24.4. The number of nitrogens with one attached hydrogen (secondary N) is 1. The lowest BCUT2D eigenvalue weighted by Gasteiger charge is -2.26. The molecule has 0 fully saturated rings. The van der Waals surface area contributed by atoms with Crippen molar-refractivity contribution in [3.05, 3.63) is 59.7 Å². The van der Waals surface area contributed by atoms with Crippen LogP contribution in [0.4, 0.5) is 0 Å². The van der Waals surface area contributed by atoms with E-state index in [1.54, 1.807) is 31.2 Å². The minimum Gasteiger partial charge on any atom is -0.491 e. The number of rotatable bonds is 5. The standard InChI is InChI=1S/C19H19NO4S/c1-12(19(22)23)25-17-9-5-3-7-15(17)18(21)20-14-10-13-6-2-4-8-16(13)24-11-14/h2-9,12,14H,10-11H2,1H3,(H,20,21)(H,22,23). The van der Waals surface area contributed by atoms with Crippen LogP contribution in [0, 0.1) is 0 Å². The van der Waals surface area contributed by atoms with Crippen molar-refractivity contribution in [2.75, 3.05) is 6.61 Å². The summed E-state index contributed by atoms with van der Waals surface area (Å²) in [6.07, 6.45) is 0.711. The van der Waals surface area contributed by atoms with Gasteiger partial charge in [0.1, 0.15) is 17.6 Å². The highest BCUT2D eigenvalue weighted by atomic mass is 32.2. The van der Waals surface area contributed by atoms with Crippen LogP contribution in [0.3, 0.4) is 0 Å². The highest BCUT2D eigenvalue weighted by Gasteiger charge is 2.23. The summed E-state index contributed by atoms with van der Waals surface area (Å²) in [5.74, 6) is -0.259. The molecule has 2 aromatic carbocycles. The van der Waals surface area contributed by atoms with Gasteiger partial charge in [0.2, 0.25) is 0 Å². The van der Waals surface area contributed by atoms with E-state index in [0.717, 1.165) is 11.3 Å². The van der Waals surface area contributed by atoms with Gasteiger partial charge in [0.25, 0.3) is 5.91 Å². The third-order valence-corrected chi connectivity index (χ3v) is 5.16. The first kappa shape index (κ1) is 17.4. The first-order valence-electron chi connectivity index (χ1n) is 8.04. The van der Waals surface area contributed by atoms with E-state index in [1.807, 2.05) is 24.3 Å². The van der Waals surface area contributed by atoms with E-state index in [9.17, 15) is 9.59 Å². The van der Waals surface area contributed by atoms with Gasteiger partial charge in [-0.1, -0.05) is 30.3 Å². The fraction of sp³-hybridized carbons (Fsp3) is 0.263. The minimum absolute atomic E-state index is 0.114. The number of thioether (sulfide) groups is 1. The molecule has 0 spiro atoms. The molecule has 1 aliphatic rings. The molecule has 2 aromatic rings. The van der Waals surface area contributed by atoms with Crippen LogP contribution in [0.15, 0.2) is 53.4 Å². The summed E-state index contributed by atoms with van der Waals surface area (Å²) in [6.45, 7) is 2.02.